The summed E-state index contributed by atoms with van der Waals surface area (Å²) in [7, 11) is 0. The number of rotatable bonds is 5. The van der Waals surface area contributed by atoms with E-state index < -0.39 is 0 Å². The molecule has 1 aliphatic carbocycles. The van der Waals surface area contributed by atoms with Crippen LogP contribution < -0.4 is 0 Å². The zero-order valence-corrected chi connectivity index (χ0v) is 19.8. The van der Waals surface area contributed by atoms with Crippen LogP contribution >= 0.6 is 0 Å². The van der Waals surface area contributed by atoms with Crippen molar-refractivity contribution in [3.63, 3.8) is 0 Å². The predicted octanol–water partition coefficient (Wildman–Crippen LogP) is 7.08. The van der Waals surface area contributed by atoms with Crippen molar-refractivity contribution >= 4 is 45.2 Å². The van der Waals surface area contributed by atoms with Crippen LogP contribution in [-0.4, -0.2) is 20.3 Å². The number of allylic oxidation sites excluding steroid dienone is 7. The van der Waals surface area contributed by atoms with Crippen molar-refractivity contribution in [3.05, 3.63) is 96.5 Å². The number of hydrogen-bond donors (Lipinski definition) is 0. The molecule has 0 spiro atoms. The molecule has 0 unspecified atom stereocenters. The highest BCUT2D eigenvalue weighted by molar-refractivity contribution is 5.99. The van der Waals surface area contributed by atoms with Crippen LogP contribution in [0.2, 0.25) is 0 Å². The van der Waals surface area contributed by atoms with E-state index in [0.717, 1.165) is 59.4 Å². The van der Waals surface area contributed by atoms with Crippen molar-refractivity contribution in [2.75, 3.05) is 0 Å². The zero-order valence-electron chi connectivity index (χ0n) is 19.8. The van der Waals surface area contributed by atoms with Crippen molar-refractivity contribution < 1.29 is 0 Å². The normalized spacial score (nSPS) is 15.3. The van der Waals surface area contributed by atoms with Crippen molar-refractivity contribution in [1.82, 2.24) is 14.1 Å². The summed E-state index contributed by atoms with van der Waals surface area (Å²) in [5.74, 6) is 6.63. The third-order valence-electron chi connectivity index (χ3n) is 6.71. The van der Waals surface area contributed by atoms with E-state index in [1.807, 2.05) is 30.6 Å². The smallest absolute Gasteiger partial charge is 0.104 e. The van der Waals surface area contributed by atoms with E-state index in [1.54, 1.807) is 0 Å². The van der Waals surface area contributed by atoms with Crippen LogP contribution in [0.3, 0.4) is 0 Å². The van der Waals surface area contributed by atoms with Gasteiger partial charge >= 0.3 is 0 Å². The first-order valence-corrected chi connectivity index (χ1v) is 12.1. The molecule has 3 aromatic heterocycles. The zero-order chi connectivity index (χ0) is 23.8. The molecule has 6 rings (SSSR count). The van der Waals surface area contributed by atoms with Crippen LogP contribution in [0.5, 0.6) is 0 Å². The van der Waals surface area contributed by atoms with E-state index in [4.69, 9.17) is 4.99 Å². The molecule has 4 heterocycles. The van der Waals surface area contributed by atoms with Gasteiger partial charge in [-0.3, -0.25) is 9.98 Å². The second kappa shape index (κ2) is 8.77. The number of aliphatic imine (C=N–C) groups is 1. The molecule has 1 aliphatic heterocycles. The number of nitrogens with zero attached hydrogens (tertiary/aromatic N) is 4. The molecule has 1 aromatic carbocycles. The van der Waals surface area contributed by atoms with Gasteiger partial charge in [-0.05, 0) is 50.1 Å². The Hall–Kier alpha value is -4.36. The summed E-state index contributed by atoms with van der Waals surface area (Å²) in [4.78, 5) is 9.48. The number of benzene rings is 1. The summed E-state index contributed by atoms with van der Waals surface area (Å²) in [5.41, 5.74) is 10.0. The number of aromatic nitrogens is 3. The number of para-hydroxylation sites is 1. The molecule has 0 saturated carbocycles. The molecular formula is C31H26N4. The molecular weight excluding hydrogens is 428 g/mol. The second-order valence-electron chi connectivity index (χ2n) is 8.71. The van der Waals surface area contributed by atoms with E-state index in [1.165, 1.54) is 22.3 Å². The summed E-state index contributed by atoms with van der Waals surface area (Å²) >= 11 is 0. The van der Waals surface area contributed by atoms with Crippen molar-refractivity contribution in [1.29, 1.82) is 0 Å². The third-order valence-corrected chi connectivity index (χ3v) is 6.71. The van der Waals surface area contributed by atoms with Gasteiger partial charge in [0.05, 0.1) is 22.3 Å². The molecule has 0 amide bonds. The van der Waals surface area contributed by atoms with Gasteiger partial charge in [-0.15, -0.1) is 0 Å². The first-order valence-electron chi connectivity index (χ1n) is 12.1. The quantitative estimate of drug-likeness (QED) is 0.234. The van der Waals surface area contributed by atoms with Gasteiger partial charge in [0.1, 0.15) is 5.52 Å². The van der Waals surface area contributed by atoms with Gasteiger partial charge in [0.2, 0.25) is 0 Å². The Labute approximate surface area is 205 Å². The van der Waals surface area contributed by atoms with Crippen molar-refractivity contribution in [3.8, 4) is 11.8 Å². The van der Waals surface area contributed by atoms with Crippen LogP contribution in [0.1, 0.15) is 36.7 Å². The molecule has 4 nitrogen and oxygen atoms in total. The predicted molar refractivity (Wildman–Crippen MR) is 147 cm³/mol. The van der Waals surface area contributed by atoms with E-state index in [-0.39, 0.29) is 0 Å². The third kappa shape index (κ3) is 3.40. The molecule has 0 radical (unpaired) electrons. The fourth-order valence-electron chi connectivity index (χ4n) is 5.24. The fraction of sp³-hybridized carbons (Fsp3) is 0.161. The molecule has 4 aromatic rings. The standard InChI is InChI=1S/C31H26N4/c1-3-5-12-23(35-27-16-9-7-14-25(27)31-29(35)18-11-20-33-31)21-22(4-2)34-26-15-8-6-13-24(26)30-28(34)17-10-19-32-30/h3-5,7,9-10,12,14,16-17,19-21H,1,8,11,15,18H2,2H3/b12-5+,22-4+,23-21+. The minimum atomic E-state index is 0.862. The van der Waals surface area contributed by atoms with E-state index >= 15 is 0 Å². The molecule has 0 N–H and O–H groups in total. The van der Waals surface area contributed by atoms with Crippen LogP contribution in [0, 0.1) is 11.8 Å². The lowest BCUT2D eigenvalue weighted by Crippen LogP contribution is -2.07. The number of fused-ring (bicyclic) bond motifs is 6. The summed E-state index contributed by atoms with van der Waals surface area (Å²) in [6.07, 6.45) is 18.0. The van der Waals surface area contributed by atoms with Crippen LogP contribution in [0.15, 0.2) is 84.5 Å². The Morgan fingerprint density at radius 2 is 1.89 bits per heavy atom. The minimum Gasteiger partial charge on any atom is -0.311 e. The molecule has 0 fully saturated rings. The topological polar surface area (TPSA) is 35.1 Å². The molecule has 170 valence electrons. The summed E-state index contributed by atoms with van der Waals surface area (Å²) in [6.45, 7) is 6.02. The van der Waals surface area contributed by atoms with Gasteiger partial charge in [-0.2, -0.15) is 0 Å². The SMILES string of the molecule is C=C/C=C/C(=C\C(=C/C)n1c2c(c3ncccc31)C#CCC2)n1c2c(c3ccccc31)N=CCC2. The van der Waals surface area contributed by atoms with E-state index in [2.05, 4.69) is 88.0 Å². The highest BCUT2D eigenvalue weighted by Gasteiger charge is 2.22. The summed E-state index contributed by atoms with van der Waals surface area (Å²) in [5, 5.41) is 1.18. The van der Waals surface area contributed by atoms with Gasteiger partial charge in [0.15, 0.2) is 0 Å². The first kappa shape index (κ1) is 21.2. The van der Waals surface area contributed by atoms with Gasteiger partial charge in [-0.1, -0.05) is 54.8 Å². The Morgan fingerprint density at radius 1 is 1.03 bits per heavy atom. The average Bonchev–Trinajstić information content (AvgIpc) is 3.43. The summed E-state index contributed by atoms with van der Waals surface area (Å²) < 4.78 is 4.70. The lowest BCUT2D eigenvalue weighted by molar-refractivity contribution is 0.910. The Kier molecular flexibility index (Phi) is 5.31. The molecule has 4 heteroatoms. The highest BCUT2D eigenvalue weighted by Crippen LogP contribution is 2.39. The average molecular weight is 455 g/mol. The Morgan fingerprint density at radius 3 is 2.77 bits per heavy atom. The van der Waals surface area contributed by atoms with Gasteiger partial charge in [-0.25, -0.2) is 0 Å². The molecule has 2 aliphatic rings. The molecule has 0 bridgehead atoms. The Balaban J connectivity index is 1.62. The number of pyridine rings is 1. The minimum absolute atomic E-state index is 0.862. The molecule has 35 heavy (non-hydrogen) atoms. The molecule has 0 saturated heterocycles. The van der Waals surface area contributed by atoms with Gasteiger partial charge < -0.3 is 9.13 Å². The monoisotopic (exact) mass is 454 g/mol. The number of hydrogen-bond acceptors (Lipinski definition) is 2. The maximum atomic E-state index is 4.79. The maximum absolute atomic E-state index is 4.79. The maximum Gasteiger partial charge on any atom is 0.104 e. The van der Waals surface area contributed by atoms with Crippen molar-refractivity contribution in [2.24, 2.45) is 4.99 Å². The van der Waals surface area contributed by atoms with Gasteiger partial charge in [0.25, 0.3) is 0 Å². The van der Waals surface area contributed by atoms with Gasteiger partial charge in [0, 0.05) is 53.4 Å². The van der Waals surface area contributed by atoms with E-state index in [9.17, 15) is 0 Å². The van der Waals surface area contributed by atoms with Crippen LogP contribution in [-0.2, 0) is 12.8 Å². The molecule has 0 atom stereocenters. The van der Waals surface area contributed by atoms with Crippen LogP contribution in [0.4, 0.5) is 5.69 Å². The fourth-order valence-corrected chi connectivity index (χ4v) is 5.24. The lowest BCUT2D eigenvalue weighted by Gasteiger charge is -2.17. The summed E-state index contributed by atoms with van der Waals surface area (Å²) in [6, 6.07) is 12.7. The largest absolute Gasteiger partial charge is 0.311 e. The first-order chi connectivity index (χ1) is 17.3. The van der Waals surface area contributed by atoms with Crippen LogP contribution in [0.25, 0.3) is 33.3 Å². The van der Waals surface area contributed by atoms with E-state index in [0.29, 0.717) is 0 Å². The second-order valence-corrected chi connectivity index (χ2v) is 8.71. The lowest BCUT2D eigenvalue weighted by atomic mass is 10.1. The highest BCUT2D eigenvalue weighted by atomic mass is 15.1. The Bertz CT molecular complexity index is 1670. The van der Waals surface area contributed by atoms with Crippen molar-refractivity contribution in [2.45, 2.75) is 32.6 Å².